The summed E-state index contributed by atoms with van der Waals surface area (Å²) < 4.78 is 0. The summed E-state index contributed by atoms with van der Waals surface area (Å²) in [6.45, 7) is 4.11. The number of thiocarbonyl (C=S) groups is 1. The zero-order valence-electron chi connectivity index (χ0n) is 13.6. The summed E-state index contributed by atoms with van der Waals surface area (Å²) in [5.41, 5.74) is 8.14. The number of nitrogens with zero attached hydrogens (tertiary/aromatic N) is 2. The molecule has 0 fully saturated rings. The summed E-state index contributed by atoms with van der Waals surface area (Å²) >= 11 is 5.27. The van der Waals surface area contributed by atoms with Gasteiger partial charge in [-0.2, -0.15) is 5.10 Å². The van der Waals surface area contributed by atoms with Gasteiger partial charge in [0, 0.05) is 17.3 Å². The van der Waals surface area contributed by atoms with Crippen LogP contribution in [0, 0.1) is 13.8 Å². The molecular formula is C19H18N4S. The van der Waals surface area contributed by atoms with Gasteiger partial charge in [-0.1, -0.05) is 29.8 Å². The van der Waals surface area contributed by atoms with E-state index in [1.165, 1.54) is 5.56 Å². The van der Waals surface area contributed by atoms with Crippen molar-refractivity contribution in [3.8, 4) is 0 Å². The normalized spacial score (nSPS) is 10.9. The molecule has 2 N–H and O–H groups in total. The number of aryl methyl sites for hydroxylation is 2. The molecule has 5 heteroatoms. The van der Waals surface area contributed by atoms with Crippen LogP contribution in [0.2, 0.25) is 0 Å². The zero-order chi connectivity index (χ0) is 16.9. The van der Waals surface area contributed by atoms with Gasteiger partial charge in [0.1, 0.15) is 0 Å². The van der Waals surface area contributed by atoms with Gasteiger partial charge >= 0.3 is 0 Å². The Morgan fingerprint density at radius 2 is 2.00 bits per heavy atom. The Hall–Kier alpha value is -2.79. The highest BCUT2D eigenvalue weighted by molar-refractivity contribution is 7.80. The fourth-order valence-electron chi connectivity index (χ4n) is 2.44. The summed E-state index contributed by atoms with van der Waals surface area (Å²) in [5, 5.41) is 8.88. The van der Waals surface area contributed by atoms with Crippen LogP contribution in [0.5, 0.6) is 0 Å². The van der Waals surface area contributed by atoms with Crippen LogP contribution in [0.1, 0.15) is 16.7 Å². The van der Waals surface area contributed by atoms with E-state index in [9.17, 15) is 0 Å². The molecule has 0 amide bonds. The molecule has 0 saturated heterocycles. The number of aromatic nitrogens is 1. The number of hydrogen-bond donors (Lipinski definition) is 2. The summed E-state index contributed by atoms with van der Waals surface area (Å²) in [6.07, 6.45) is 3.53. The Kier molecular flexibility index (Phi) is 4.82. The van der Waals surface area contributed by atoms with Gasteiger partial charge < -0.3 is 5.32 Å². The topological polar surface area (TPSA) is 49.3 Å². The first-order chi connectivity index (χ1) is 11.6. The van der Waals surface area contributed by atoms with Gasteiger partial charge in [-0.25, -0.2) is 0 Å². The van der Waals surface area contributed by atoms with E-state index in [4.69, 9.17) is 12.2 Å². The minimum Gasteiger partial charge on any atom is -0.331 e. The van der Waals surface area contributed by atoms with Crippen molar-refractivity contribution in [1.29, 1.82) is 0 Å². The maximum Gasteiger partial charge on any atom is 0.191 e. The van der Waals surface area contributed by atoms with E-state index in [0.29, 0.717) is 5.11 Å². The fraction of sp³-hybridized carbons (Fsp3) is 0.105. The molecule has 0 atom stereocenters. The monoisotopic (exact) mass is 334 g/mol. The third kappa shape index (κ3) is 3.94. The van der Waals surface area contributed by atoms with Gasteiger partial charge in [-0.05, 0) is 61.5 Å². The van der Waals surface area contributed by atoms with Gasteiger partial charge in [0.25, 0.3) is 0 Å². The third-order valence-corrected chi connectivity index (χ3v) is 3.83. The van der Waals surface area contributed by atoms with Crippen molar-refractivity contribution in [3.05, 3.63) is 71.4 Å². The molecule has 0 aliphatic carbocycles. The lowest BCUT2D eigenvalue weighted by molar-refractivity contribution is 1.05. The van der Waals surface area contributed by atoms with Gasteiger partial charge in [0.15, 0.2) is 5.11 Å². The van der Waals surface area contributed by atoms with Crippen LogP contribution in [0.15, 0.2) is 59.8 Å². The molecule has 1 heterocycles. The maximum atomic E-state index is 5.27. The standard InChI is InChI=1S/C19H18N4S/c1-13-5-7-17(14(2)10-13)22-19(24)23-21-12-15-6-8-18-16(11-15)4-3-9-20-18/h3-12H,1-2H3,(H2,22,23,24)/b21-12+. The molecule has 3 aromatic rings. The van der Waals surface area contributed by atoms with Crippen LogP contribution in [0.3, 0.4) is 0 Å². The van der Waals surface area contributed by atoms with E-state index in [2.05, 4.69) is 33.8 Å². The Balaban J connectivity index is 1.63. The highest BCUT2D eigenvalue weighted by Gasteiger charge is 2.00. The second kappa shape index (κ2) is 7.19. The summed E-state index contributed by atoms with van der Waals surface area (Å²) in [5.74, 6) is 0. The summed E-state index contributed by atoms with van der Waals surface area (Å²) in [4.78, 5) is 4.30. The Labute approximate surface area is 146 Å². The average molecular weight is 334 g/mol. The number of hydrazone groups is 1. The van der Waals surface area contributed by atoms with Crippen molar-refractivity contribution < 1.29 is 0 Å². The molecular weight excluding hydrogens is 316 g/mol. The van der Waals surface area contributed by atoms with Crippen LogP contribution in [0.4, 0.5) is 5.69 Å². The largest absolute Gasteiger partial charge is 0.331 e. The summed E-state index contributed by atoms with van der Waals surface area (Å²) in [7, 11) is 0. The number of hydrogen-bond acceptors (Lipinski definition) is 3. The van der Waals surface area contributed by atoms with E-state index in [0.717, 1.165) is 27.7 Å². The van der Waals surface area contributed by atoms with Gasteiger partial charge in [0.2, 0.25) is 0 Å². The van der Waals surface area contributed by atoms with Crippen LogP contribution >= 0.6 is 12.2 Å². The lowest BCUT2D eigenvalue weighted by Crippen LogP contribution is -2.24. The smallest absolute Gasteiger partial charge is 0.191 e. The van der Waals surface area contributed by atoms with Crippen LogP contribution in [-0.2, 0) is 0 Å². The second-order valence-electron chi connectivity index (χ2n) is 5.60. The van der Waals surface area contributed by atoms with E-state index in [1.54, 1.807) is 12.4 Å². The Bertz CT molecular complexity index is 918. The minimum absolute atomic E-state index is 0.459. The van der Waals surface area contributed by atoms with E-state index in [1.807, 2.05) is 49.4 Å². The molecule has 0 aliphatic heterocycles. The van der Waals surface area contributed by atoms with Crippen molar-refractivity contribution in [2.24, 2.45) is 5.10 Å². The molecule has 24 heavy (non-hydrogen) atoms. The van der Waals surface area contributed by atoms with Gasteiger partial charge in [-0.15, -0.1) is 0 Å². The van der Waals surface area contributed by atoms with Crippen molar-refractivity contribution >= 4 is 40.1 Å². The molecule has 1 aromatic heterocycles. The number of anilines is 1. The minimum atomic E-state index is 0.459. The molecule has 120 valence electrons. The number of nitrogens with one attached hydrogen (secondary N) is 2. The molecule has 0 spiro atoms. The van der Waals surface area contributed by atoms with Crippen LogP contribution < -0.4 is 10.7 Å². The van der Waals surface area contributed by atoms with Crippen LogP contribution in [0.25, 0.3) is 10.9 Å². The predicted molar refractivity (Wildman–Crippen MR) is 105 cm³/mol. The maximum absolute atomic E-state index is 5.27. The highest BCUT2D eigenvalue weighted by Crippen LogP contribution is 2.15. The lowest BCUT2D eigenvalue weighted by atomic mass is 10.1. The zero-order valence-corrected chi connectivity index (χ0v) is 14.4. The van der Waals surface area contributed by atoms with Crippen molar-refractivity contribution in [2.45, 2.75) is 13.8 Å². The molecule has 3 rings (SSSR count). The molecule has 2 aromatic carbocycles. The van der Waals surface area contributed by atoms with E-state index < -0.39 is 0 Å². The second-order valence-corrected chi connectivity index (χ2v) is 6.01. The first-order valence-electron chi connectivity index (χ1n) is 7.64. The van der Waals surface area contributed by atoms with Gasteiger partial charge in [0.05, 0.1) is 11.7 Å². The first kappa shape index (κ1) is 16.1. The average Bonchev–Trinajstić information content (AvgIpc) is 2.57. The molecule has 0 aliphatic rings. The van der Waals surface area contributed by atoms with E-state index >= 15 is 0 Å². The number of benzene rings is 2. The number of rotatable bonds is 3. The first-order valence-corrected chi connectivity index (χ1v) is 8.05. The molecule has 0 saturated carbocycles. The van der Waals surface area contributed by atoms with Crippen molar-refractivity contribution in [3.63, 3.8) is 0 Å². The quantitative estimate of drug-likeness (QED) is 0.429. The molecule has 4 nitrogen and oxygen atoms in total. The predicted octanol–water partition coefficient (Wildman–Crippen LogP) is 4.17. The lowest BCUT2D eigenvalue weighted by Gasteiger charge is -2.10. The Morgan fingerprint density at radius 3 is 2.83 bits per heavy atom. The van der Waals surface area contributed by atoms with Crippen molar-refractivity contribution in [2.75, 3.05) is 5.32 Å². The molecule has 0 radical (unpaired) electrons. The highest BCUT2D eigenvalue weighted by atomic mass is 32.1. The Morgan fingerprint density at radius 1 is 1.12 bits per heavy atom. The number of fused-ring (bicyclic) bond motifs is 1. The van der Waals surface area contributed by atoms with Crippen LogP contribution in [-0.4, -0.2) is 16.3 Å². The van der Waals surface area contributed by atoms with E-state index in [-0.39, 0.29) is 0 Å². The van der Waals surface area contributed by atoms with Gasteiger partial charge in [-0.3, -0.25) is 10.4 Å². The molecule has 0 bridgehead atoms. The summed E-state index contributed by atoms with van der Waals surface area (Å²) in [6, 6.07) is 16.1. The third-order valence-electron chi connectivity index (χ3n) is 3.64. The molecule has 0 unspecified atom stereocenters. The van der Waals surface area contributed by atoms with Crippen molar-refractivity contribution in [1.82, 2.24) is 10.4 Å². The number of pyridine rings is 1. The SMILES string of the molecule is Cc1ccc(NC(=S)N/N=C/c2ccc3ncccc3c2)c(C)c1. The fourth-order valence-corrected chi connectivity index (χ4v) is 2.61.